The Morgan fingerprint density at radius 1 is 1.17 bits per heavy atom. The zero-order valence-electron chi connectivity index (χ0n) is 12.4. The van der Waals surface area contributed by atoms with Crippen LogP contribution in [0.15, 0.2) is 18.2 Å². The summed E-state index contributed by atoms with van der Waals surface area (Å²) in [5.41, 5.74) is 4.76. The lowest BCUT2D eigenvalue weighted by Gasteiger charge is -2.31. The van der Waals surface area contributed by atoms with Crippen molar-refractivity contribution in [2.45, 2.75) is 53.0 Å². The van der Waals surface area contributed by atoms with Gasteiger partial charge in [0.2, 0.25) is 0 Å². The van der Waals surface area contributed by atoms with Crippen molar-refractivity contribution >= 4 is 0 Å². The van der Waals surface area contributed by atoms with Gasteiger partial charge in [0.05, 0.1) is 0 Å². The summed E-state index contributed by atoms with van der Waals surface area (Å²) >= 11 is 0. The summed E-state index contributed by atoms with van der Waals surface area (Å²) in [5.74, 6) is 1.47. The normalized spacial score (nSPS) is 16.3. The van der Waals surface area contributed by atoms with Gasteiger partial charge in [-0.25, -0.2) is 0 Å². The molecule has 18 heavy (non-hydrogen) atoms. The topological polar surface area (TPSA) is 3.24 Å². The van der Waals surface area contributed by atoms with Crippen LogP contribution in [0.3, 0.4) is 0 Å². The van der Waals surface area contributed by atoms with Crippen molar-refractivity contribution in [1.29, 1.82) is 0 Å². The van der Waals surface area contributed by atoms with E-state index in [0.717, 1.165) is 12.5 Å². The van der Waals surface area contributed by atoms with E-state index in [9.17, 15) is 0 Å². The van der Waals surface area contributed by atoms with Crippen molar-refractivity contribution in [3.63, 3.8) is 0 Å². The van der Waals surface area contributed by atoms with Crippen molar-refractivity contribution in [1.82, 2.24) is 4.90 Å². The van der Waals surface area contributed by atoms with Gasteiger partial charge < -0.3 is 0 Å². The highest BCUT2D eigenvalue weighted by Crippen LogP contribution is 2.27. The van der Waals surface area contributed by atoms with Crippen LogP contribution in [-0.2, 0) is 13.0 Å². The number of rotatable bonds is 4. The van der Waals surface area contributed by atoms with Gasteiger partial charge in [0.25, 0.3) is 0 Å². The summed E-state index contributed by atoms with van der Waals surface area (Å²) in [6, 6.07) is 6.87. The number of hydrogen-bond donors (Lipinski definition) is 0. The second-order valence-electron chi connectivity index (χ2n) is 6.35. The van der Waals surface area contributed by atoms with Crippen molar-refractivity contribution in [3.8, 4) is 0 Å². The van der Waals surface area contributed by atoms with Gasteiger partial charge in [-0.1, -0.05) is 45.9 Å². The van der Waals surface area contributed by atoms with Crippen LogP contribution in [0.4, 0.5) is 0 Å². The molecule has 0 saturated heterocycles. The quantitative estimate of drug-likeness (QED) is 0.768. The van der Waals surface area contributed by atoms with Gasteiger partial charge >= 0.3 is 0 Å². The highest BCUT2D eigenvalue weighted by atomic mass is 15.1. The van der Waals surface area contributed by atoms with Gasteiger partial charge in [0.15, 0.2) is 0 Å². The van der Waals surface area contributed by atoms with Gasteiger partial charge in [-0.3, -0.25) is 4.90 Å². The SMILES string of the molecule is CC(C)CCN1CCc2c(cccc2C(C)C)C1. The predicted molar refractivity (Wildman–Crippen MR) is 79.0 cm³/mol. The lowest BCUT2D eigenvalue weighted by molar-refractivity contribution is 0.239. The van der Waals surface area contributed by atoms with Crippen LogP contribution in [-0.4, -0.2) is 18.0 Å². The molecule has 1 heteroatoms. The summed E-state index contributed by atoms with van der Waals surface area (Å²) in [6.07, 6.45) is 2.56. The van der Waals surface area contributed by atoms with Gasteiger partial charge in [0.1, 0.15) is 0 Å². The molecular weight excluding hydrogens is 218 g/mol. The average molecular weight is 245 g/mol. The zero-order valence-corrected chi connectivity index (χ0v) is 12.4. The Bertz CT molecular complexity index is 393. The Morgan fingerprint density at radius 2 is 1.94 bits per heavy atom. The maximum atomic E-state index is 2.62. The van der Waals surface area contributed by atoms with E-state index >= 15 is 0 Å². The fourth-order valence-electron chi connectivity index (χ4n) is 2.87. The van der Waals surface area contributed by atoms with Crippen LogP contribution in [0.25, 0.3) is 0 Å². The first-order chi connectivity index (χ1) is 8.58. The van der Waals surface area contributed by atoms with Crippen molar-refractivity contribution in [3.05, 3.63) is 34.9 Å². The van der Waals surface area contributed by atoms with Crippen LogP contribution in [0, 0.1) is 5.92 Å². The van der Waals surface area contributed by atoms with E-state index in [0.29, 0.717) is 5.92 Å². The third kappa shape index (κ3) is 3.14. The first kappa shape index (κ1) is 13.6. The first-order valence-electron chi connectivity index (χ1n) is 7.41. The molecule has 0 atom stereocenters. The largest absolute Gasteiger partial charge is 0.299 e. The highest BCUT2D eigenvalue weighted by molar-refractivity contribution is 5.38. The molecule has 0 aromatic heterocycles. The third-order valence-electron chi connectivity index (χ3n) is 4.03. The minimum atomic E-state index is 0.655. The Balaban J connectivity index is 2.08. The molecule has 100 valence electrons. The molecule has 1 aromatic carbocycles. The van der Waals surface area contributed by atoms with Gasteiger partial charge in [0, 0.05) is 13.1 Å². The molecule has 1 aliphatic heterocycles. The highest BCUT2D eigenvalue weighted by Gasteiger charge is 2.19. The van der Waals surface area contributed by atoms with Gasteiger partial charge in [-0.2, -0.15) is 0 Å². The molecule has 1 nitrogen and oxygen atoms in total. The summed E-state index contributed by atoms with van der Waals surface area (Å²) < 4.78 is 0. The van der Waals surface area contributed by atoms with Crippen molar-refractivity contribution < 1.29 is 0 Å². The minimum absolute atomic E-state index is 0.655. The molecule has 0 N–H and O–H groups in total. The molecule has 0 bridgehead atoms. The molecule has 0 radical (unpaired) electrons. The monoisotopic (exact) mass is 245 g/mol. The Labute approximate surface area is 112 Å². The Hall–Kier alpha value is -0.820. The number of benzene rings is 1. The number of hydrogen-bond acceptors (Lipinski definition) is 1. The molecular formula is C17H27N. The average Bonchev–Trinajstić information content (AvgIpc) is 2.35. The summed E-state index contributed by atoms with van der Waals surface area (Å²) in [4.78, 5) is 2.62. The first-order valence-corrected chi connectivity index (χ1v) is 7.41. The van der Waals surface area contributed by atoms with Crippen LogP contribution >= 0.6 is 0 Å². The molecule has 1 aliphatic rings. The second-order valence-corrected chi connectivity index (χ2v) is 6.35. The fourth-order valence-corrected chi connectivity index (χ4v) is 2.87. The maximum absolute atomic E-state index is 2.62. The van der Waals surface area contributed by atoms with Crippen molar-refractivity contribution in [2.75, 3.05) is 13.1 Å². The lowest BCUT2D eigenvalue weighted by atomic mass is 9.89. The minimum Gasteiger partial charge on any atom is -0.299 e. The predicted octanol–water partition coefficient (Wildman–Crippen LogP) is 4.21. The Kier molecular flexibility index (Phi) is 4.45. The molecule has 0 unspecified atom stereocenters. The molecule has 0 spiro atoms. The molecule has 0 aliphatic carbocycles. The summed E-state index contributed by atoms with van der Waals surface area (Å²) in [6.45, 7) is 12.9. The van der Waals surface area contributed by atoms with Crippen LogP contribution < -0.4 is 0 Å². The Morgan fingerprint density at radius 3 is 2.61 bits per heavy atom. The molecule has 1 aromatic rings. The lowest BCUT2D eigenvalue weighted by Crippen LogP contribution is -2.32. The van der Waals surface area contributed by atoms with E-state index in [2.05, 4.69) is 50.8 Å². The molecule has 2 rings (SSSR count). The van der Waals surface area contributed by atoms with Gasteiger partial charge in [-0.05, 0) is 47.9 Å². The maximum Gasteiger partial charge on any atom is 0.0236 e. The molecule has 1 heterocycles. The van der Waals surface area contributed by atoms with E-state index in [1.807, 2.05) is 0 Å². The summed E-state index contributed by atoms with van der Waals surface area (Å²) in [5, 5.41) is 0. The van der Waals surface area contributed by atoms with E-state index in [1.165, 1.54) is 25.9 Å². The second kappa shape index (κ2) is 5.88. The van der Waals surface area contributed by atoms with E-state index in [4.69, 9.17) is 0 Å². The number of fused-ring (bicyclic) bond motifs is 1. The van der Waals surface area contributed by atoms with Crippen LogP contribution in [0.2, 0.25) is 0 Å². The zero-order chi connectivity index (χ0) is 13.1. The number of nitrogens with zero attached hydrogens (tertiary/aromatic N) is 1. The third-order valence-corrected chi connectivity index (χ3v) is 4.03. The van der Waals surface area contributed by atoms with Gasteiger partial charge in [-0.15, -0.1) is 0 Å². The van der Waals surface area contributed by atoms with E-state index in [1.54, 1.807) is 16.7 Å². The van der Waals surface area contributed by atoms with Crippen molar-refractivity contribution in [2.24, 2.45) is 5.92 Å². The molecule has 0 fully saturated rings. The van der Waals surface area contributed by atoms with Crippen LogP contribution in [0.5, 0.6) is 0 Å². The fraction of sp³-hybridized carbons (Fsp3) is 0.647. The van der Waals surface area contributed by atoms with E-state index < -0.39 is 0 Å². The van der Waals surface area contributed by atoms with Crippen LogP contribution in [0.1, 0.15) is 56.7 Å². The molecule has 0 saturated carbocycles. The smallest absolute Gasteiger partial charge is 0.0236 e. The van der Waals surface area contributed by atoms with E-state index in [-0.39, 0.29) is 0 Å². The summed E-state index contributed by atoms with van der Waals surface area (Å²) in [7, 11) is 0. The molecule has 0 amide bonds. The standard InChI is InChI=1S/C17H27N/c1-13(2)8-10-18-11-9-17-15(12-18)6-5-7-16(17)14(3)4/h5-7,13-14H,8-12H2,1-4H3.